The SMILES string of the molecule is CN(C)C(=O)NCCNC(=O)c1ccc(N)cc1F. The van der Waals surface area contributed by atoms with Crippen molar-refractivity contribution < 1.29 is 14.0 Å². The number of nitrogens with zero attached hydrogens (tertiary/aromatic N) is 1. The van der Waals surface area contributed by atoms with E-state index in [0.29, 0.717) is 0 Å². The van der Waals surface area contributed by atoms with E-state index in [1.165, 1.54) is 17.0 Å². The van der Waals surface area contributed by atoms with Gasteiger partial charge in [0.25, 0.3) is 5.91 Å². The van der Waals surface area contributed by atoms with E-state index < -0.39 is 11.7 Å². The number of halogens is 1. The summed E-state index contributed by atoms with van der Waals surface area (Å²) < 4.78 is 13.4. The Morgan fingerprint density at radius 1 is 1.26 bits per heavy atom. The van der Waals surface area contributed by atoms with Gasteiger partial charge in [0.15, 0.2) is 0 Å². The van der Waals surface area contributed by atoms with Crippen LogP contribution in [0.15, 0.2) is 18.2 Å². The van der Waals surface area contributed by atoms with Crippen molar-refractivity contribution in [1.82, 2.24) is 15.5 Å². The Labute approximate surface area is 110 Å². The molecule has 0 unspecified atom stereocenters. The number of rotatable bonds is 4. The first-order valence-corrected chi connectivity index (χ1v) is 5.70. The van der Waals surface area contributed by atoms with E-state index in [2.05, 4.69) is 10.6 Å². The Morgan fingerprint density at radius 2 is 1.89 bits per heavy atom. The van der Waals surface area contributed by atoms with E-state index in [1.807, 2.05) is 0 Å². The molecule has 7 heteroatoms. The second-order valence-corrected chi connectivity index (χ2v) is 4.12. The van der Waals surface area contributed by atoms with Crippen LogP contribution in [0.1, 0.15) is 10.4 Å². The molecule has 0 aliphatic carbocycles. The van der Waals surface area contributed by atoms with Crippen LogP contribution in [0.3, 0.4) is 0 Å². The van der Waals surface area contributed by atoms with Gasteiger partial charge in [0.05, 0.1) is 5.56 Å². The maximum Gasteiger partial charge on any atom is 0.316 e. The van der Waals surface area contributed by atoms with Gasteiger partial charge in [-0.1, -0.05) is 0 Å². The van der Waals surface area contributed by atoms with Gasteiger partial charge in [0, 0.05) is 32.9 Å². The molecule has 1 aromatic rings. The molecule has 0 aliphatic rings. The minimum atomic E-state index is -0.671. The summed E-state index contributed by atoms with van der Waals surface area (Å²) in [4.78, 5) is 24.2. The fraction of sp³-hybridized carbons (Fsp3) is 0.333. The van der Waals surface area contributed by atoms with Crippen molar-refractivity contribution in [2.45, 2.75) is 0 Å². The molecule has 0 aromatic heterocycles. The summed E-state index contributed by atoms with van der Waals surface area (Å²) in [6, 6.07) is 3.60. The van der Waals surface area contributed by atoms with Crippen LogP contribution in [0.2, 0.25) is 0 Å². The van der Waals surface area contributed by atoms with Crippen molar-refractivity contribution in [3.63, 3.8) is 0 Å². The average Bonchev–Trinajstić information content (AvgIpc) is 2.33. The molecule has 0 atom stereocenters. The third-order valence-electron chi connectivity index (χ3n) is 2.33. The van der Waals surface area contributed by atoms with Gasteiger partial charge in [-0.05, 0) is 18.2 Å². The molecule has 0 fully saturated rings. The smallest absolute Gasteiger partial charge is 0.316 e. The molecule has 6 nitrogen and oxygen atoms in total. The van der Waals surface area contributed by atoms with Crippen LogP contribution in [0.4, 0.5) is 14.9 Å². The molecule has 0 aliphatic heterocycles. The summed E-state index contributed by atoms with van der Waals surface area (Å²) in [5, 5.41) is 5.07. The largest absolute Gasteiger partial charge is 0.399 e. The molecule has 1 aromatic carbocycles. The number of hydrogen-bond donors (Lipinski definition) is 3. The predicted octanol–water partition coefficient (Wildman–Crippen LogP) is 0.409. The number of urea groups is 1. The highest BCUT2D eigenvalue weighted by Crippen LogP contribution is 2.11. The molecule has 1 rings (SSSR count). The van der Waals surface area contributed by atoms with Crippen LogP contribution in [-0.4, -0.2) is 44.0 Å². The summed E-state index contributed by atoms with van der Waals surface area (Å²) in [7, 11) is 3.22. The highest BCUT2D eigenvalue weighted by atomic mass is 19.1. The van der Waals surface area contributed by atoms with E-state index in [9.17, 15) is 14.0 Å². The normalized spacial score (nSPS) is 9.84. The number of anilines is 1. The molecule has 4 N–H and O–H groups in total. The van der Waals surface area contributed by atoms with Crippen molar-refractivity contribution in [3.8, 4) is 0 Å². The van der Waals surface area contributed by atoms with Gasteiger partial charge in [0.2, 0.25) is 0 Å². The first kappa shape index (κ1) is 14.7. The quantitative estimate of drug-likeness (QED) is 0.546. The van der Waals surface area contributed by atoms with Gasteiger partial charge >= 0.3 is 6.03 Å². The summed E-state index contributed by atoms with van der Waals surface area (Å²) in [6.07, 6.45) is 0. The number of nitrogen functional groups attached to an aromatic ring is 1. The van der Waals surface area contributed by atoms with Crippen molar-refractivity contribution in [2.75, 3.05) is 32.9 Å². The van der Waals surface area contributed by atoms with Crippen LogP contribution in [0, 0.1) is 5.82 Å². The molecule has 0 heterocycles. The summed E-state index contributed by atoms with van der Waals surface area (Å²) in [6.45, 7) is 0.474. The number of hydrogen-bond acceptors (Lipinski definition) is 3. The highest BCUT2D eigenvalue weighted by molar-refractivity contribution is 5.94. The maximum atomic E-state index is 13.4. The molecule has 0 bridgehead atoms. The van der Waals surface area contributed by atoms with Crippen molar-refractivity contribution >= 4 is 17.6 Å². The zero-order valence-electron chi connectivity index (χ0n) is 10.9. The Kier molecular flexibility index (Phi) is 5.11. The summed E-state index contributed by atoms with van der Waals surface area (Å²) in [5.41, 5.74) is 5.57. The van der Waals surface area contributed by atoms with E-state index in [0.717, 1.165) is 6.07 Å². The lowest BCUT2D eigenvalue weighted by atomic mass is 10.2. The number of nitrogens with one attached hydrogen (secondary N) is 2. The summed E-state index contributed by atoms with van der Waals surface area (Å²) in [5.74, 6) is -1.22. The lowest BCUT2D eigenvalue weighted by Gasteiger charge is -2.12. The molecule has 0 saturated heterocycles. The Balaban J connectivity index is 2.41. The lowest BCUT2D eigenvalue weighted by molar-refractivity contribution is 0.0949. The van der Waals surface area contributed by atoms with E-state index in [-0.39, 0.29) is 30.4 Å². The molecule has 0 saturated carbocycles. The molecule has 0 spiro atoms. The highest BCUT2D eigenvalue weighted by Gasteiger charge is 2.11. The van der Waals surface area contributed by atoms with Gasteiger partial charge in [0.1, 0.15) is 5.82 Å². The van der Waals surface area contributed by atoms with Gasteiger partial charge in [-0.25, -0.2) is 9.18 Å². The monoisotopic (exact) mass is 268 g/mol. The lowest BCUT2D eigenvalue weighted by Crippen LogP contribution is -2.39. The molecule has 19 heavy (non-hydrogen) atoms. The molecule has 3 amide bonds. The predicted molar refractivity (Wildman–Crippen MR) is 70.2 cm³/mol. The van der Waals surface area contributed by atoms with Gasteiger partial charge < -0.3 is 21.3 Å². The standard InChI is InChI=1S/C12H17FN4O2/c1-17(2)12(19)16-6-5-15-11(18)9-4-3-8(14)7-10(9)13/h3-4,7H,5-6,14H2,1-2H3,(H,15,18)(H,16,19). The van der Waals surface area contributed by atoms with Crippen LogP contribution in [0.25, 0.3) is 0 Å². The number of amides is 3. The average molecular weight is 268 g/mol. The minimum absolute atomic E-state index is 0.0758. The second-order valence-electron chi connectivity index (χ2n) is 4.12. The van der Waals surface area contributed by atoms with Gasteiger partial charge in [-0.15, -0.1) is 0 Å². The minimum Gasteiger partial charge on any atom is -0.399 e. The van der Waals surface area contributed by atoms with Crippen LogP contribution >= 0.6 is 0 Å². The van der Waals surface area contributed by atoms with Gasteiger partial charge in [-0.3, -0.25) is 4.79 Å². The first-order valence-electron chi connectivity index (χ1n) is 5.70. The van der Waals surface area contributed by atoms with E-state index in [1.54, 1.807) is 14.1 Å². The Hall–Kier alpha value is -2.31. The Bertz CT molecular complexity index is 477. The maximum absolute atomic E-state index is 13.4. The Morgan fingerprint density at radius 3 is 2.47 bits per heavy atom. The van der Waals surface area contributed by atoms with Crippen molar-refractivity contribution in [2.24, 2.45) is 0 Å². The van der Waals surface area contributed by atoms with E-state index >= 15 is 0 Å². The molecule has 104 valence electrons. The first-order chi connectivity index (χ1) is 8.91. The number of carbonyl (C=O) groups excluding carboxylic acids is 2. The summed E-state index contributed by atoms with van der Waals surface area (Å²) >= 11 is 0. The van der Waals surface area contributed by atoms with Gasteiger partial charge in [-0.2, -0.15) is 0 Å². The molecule has 0 radical (unpaired) electrons. The number of nitrogens with two attached hydrogens (primary N) is 1. The second kappa shape index (κ2) is 6.58. The van der Waals surface area contributed by atoms with Crippen LogP contribution in [-0.2, 0) is 0 Å². The van der Waals surface area contributed by atoms with Crippen molar-refractivity contribution in [1.29, 1.82) is 0 Å². The number of carbonyl (C=O) groups is 2. The van der Waals surface area contributed by atoms with Crippen molar-refractivity contribution in [3.05, 3.63) is 29.6 Å². The fourth-order valence-corrected chi connectivity index (χ4v) is 1.31. The molecular formula is C12H17FN4O2. The third-order valence-corrected chi connectivity index (χ3v) is 2.33. The van der Waals surface area contributed by atoms with Crippen LogP contribution < -0.4 is 16.4 Å². The topological polar surface area (TPSA) is 87.5 Å². The zero-order valence-corrected chi connectivity index (χ0v) is 10.9. The fourth-order valence-electron chi connectivity index (χ4n) is 1.31. The van der Waals surface area contributed by atoms with Crippen LogP contribution in [0.5, 0.6) is 0 Å². The molecular weight excluding hydrogens is 251 g/mol. The zero-order chi connectivity index (χ0) is 14.4. The third kappa shape index (κ3) is 4.46. The van der Waals surface area contributed by atoms with E-state index in [4.69, 9.17) is 5.73 Å². The number of benzene rings is 1.